The van der Waals surface area contributed by atoms with Crippen LogP contribution in [0.4, 0.5) is 4.39 Å². The lowest BCUT2D eigenvalue weighted by atomic mass is 9.92. The summed E-state index contributed by atoms with van der Waals surface area (Å²) in [6.45, 7) is 7.40. The number of halogens is 1. The van der Waals surface area contributed by atoms with Crippen molar-refractivity contribution in [1.82, 2.24) is 9.55 Å². The van der Waals surface area contributed by atoms with Crippen LogP contribution in [0.1, 0.15) is 62.1 Å². The predicted octanol–water partition coefficient (Wildman–Crippen LogP) is 4.70. The van der Waals surface area contributed by atoms with Gasteiger partial charge in [0, 0.05) is 23.2 Å². The maximum atomic E-state index is 13.6. The Morgan fingerprint density at radius 3 is 2.76 bits per heavy atom. The summed E-state index contributed by atoms with van der Waals surface area (Å²) in [6, 6.07) is 4.40. The number of hydrogen-bond donors (Lipinski definition) is 0. The van der Waals surface area contributed by atoms with E-state index in [0.717, 1.165) is 35.1 Å². The zero-order valence-corrected chi connectivity index (χ0v) is 12.4. The molecule has 3 rings (SSSR count). The first-order valence-electron chi connectivity index (χ1n) is 7.28. The van der Waals surface area contributed by atoms with E-state index in [4.69, 9.17) is 0 Å². The molecule has 2 heterocycles. The van der Waals surface area contributed by atoms with Crippen LogP contribution in [0.3, 0.4) is 0 Å². The molecule has 0 aromatic carbocycles. The molecule has 21 heavy (non-hydrogen) atoms. The van der Waals surface area contributed by atoms with Crippen LogP contribution in [-0.4, -0.2) is 9.55 Å². The van der Waals surface area contributed by atoms with Crippen molar-refractivity contribution in [2.45, 2.75) is 45.3 Å². The fourth-order valence-electron chi connectivity index (χ4n) is 2.95. The van der Waals surface area contributed by atoms with E-state index in [2.05, 4.69) is 22.2 Å². The molecule has 0 N–H and O–H groups in total. The summed E-state index contributed by atoms with van der Waals surface area (Å²) in [4.78, 5) is 4.45. The second-order valence-corrected chi connectivity index (χ2v) is 5.83. The summed E-state index contributed by atoms with van der Waals surface area (Å²) < 4.78 is 15.7. The van der Waals surface area contributed by atoms with Gasteiger partial charge >= 0.3 is 0 Å². The van der Waals surface area contributed by atoms with Crippen LogP contribution in [-0.2, 0) is 0 Å². The minimum absolute atomic E-state index is 0.377. The Morgan fingerprint density at radius 1 is 1.57 bits per heavy atom. The van der Waals surface area contributed by atoms with E-state index in [9.17, 15) is 9.65 Å². The quantitative estimate of drug-likeness (QED) is 0.819. The molecule has 0 spiro atoms. The highest BCUT2D eigenvalue weighted by molar-refractivity contribution is 5.90. The number of alkyl halides is 1. The molecule has 2 aromatic heterocycles. The Hall–Kier alpha value is -2.15. The molecule has 3 nitrogen and oxygen atoms in total. The summed E-state index contributed by atoms with van der Waals surface area (Å²) >= 11 is 0. The molecule has 108 valence electrons. The number of rotatable bonds is 3. The summed E-state index contributed by atoms with van der Waals surface area (Å²) in [5.74, 6) is 0. The molecule has 4 heteroatoms. The third kappa shape index (κ3) is 2.04. The first-order valence-corrected chi connectivity index (χ1v) is 7.28. The standard InChI is InChI=1S/C17H18FN3/c1-10(2)16-15(8-19)14-7-12(11(3)18)9-20-17(14)21(16)13-5-4-6-13/h7,9,11,13H,1,4-6H2,2-3H3. The monoisotopic (exact) mass is 283 g/mol. The third-order valence-corrected chi connectivity index (χ3v) is 4.28. The second kappa shape index (κ2) is 5.00. The Morgan fingerprint density at radius 2 is 2.29 bits per heavy atom. The number of fused-ring (bicyclic) bond motifs is 1. The zero-order chi connectivity index (χ0) is 15.1. The Labute approximate surface area is 123 Å². The van der Waals surface area contributed by atoms with Crippen molar-refractivity contribution in [3.05, 3.63) is 35.7 Å². The number of nitrogens with zero attached hydrogens (tertiary/aromatic N) is 3. The van der Waals surface area contributed by atoms with Gasteiger partial charge in [-0.3, -0.25) is 0 Å². The number of nitriles is 1. The highest BCUT2D eigenvalue weighted by atomic mass is 19.1. The van der Waals surface area contributed by atoms with Crippen molar-refractivity contribution in [3.8, 4) is 6.07 Å². The van der Waals surface area contributed by atoms with E-state index in [-0.39, 0.29) is 0 Å². The molecule has 0 aliphatic heterocycles. The molecule has 0 amide bonds. The molecule has 0 radical (unpaired) electrons. The van der Waals surface area contributed by atoms with Gasteiger partial charge in [-0.05, 0) is 44.7 Å². The molecule has 1 atom stereocenters. The first kappa shape index (κ1) is 13.8. The van der Waals surface area contributed by atoms with Crippen molar-refractivity contribution < 1.29 is 4.39 Å². The van der Waals surface area contributed by atoms with Crippen LogP contribution < -0.4 is 0 Å². The largest absolute Gasteiger partial charge is 0.321 e. The van der Waals surface area contributed by atoms with Gasteiger partial charge in [0.05, 0.1) is 11.3 Å². The van der Waals surface area contributed by atoms with Gasteiger partial charge in [0.2, 0.25) is 0 Å². The minimum atomic E-state index is -1.09. The Kier molecular flexibility index (Phi) is 3.29. The van der Waals surface area contributed by atoms with Crippen molar-refractivity contribution >= 4 is 16.6 Å². The summed E-state index contributed by atoms with van der Waals surface area (Å²) in [5.41, 5.74) is 3.57. The highest BCUT2D eigenvalue weighted by Gasteiger charge is 2.28. The normalized spacial score (nSPS) is 16.5. The topological polar surface area (TPSA) is 41.6 Å². The lowest BCUT2D eigenvalue weighted by Gasteiger charge is -2.29. The molecule has 1 unspecified atom stereocenters. The first-order chi connectivity index (χ1) is 10.0. The van der Waals surface area contributed by atoms with Crippen LogP contribution >= 0.6 is 0 Å². The molecule has 2 aromatic rings. The van der Waals surface area contributed by atoms with E-state index >= 15 is 0 Å². The van der Waals surface area contributed by atoms with Gasteiger partial charge < -0.3 is 4.57 Å². The van der Waals surface area contributed by atoms with Gasteiger partial charge in [0.1, 0.15) is 17.9 Å². The average Bonchev–Trinajstić information content (AvgIpc) is 2.70. The highest BCUT2D eigenvalue weighted by Crippen LogP contribution is 2.40. The van der Waals surface area contributed by atoms with Crippen molar-refractivity contribution in [2.75, 3.05) is 0 Å². The van der Waals surface area contributed by atoms with E-state index in [1.807, 2.05) is 6.92 Å². The number of aromatic nitrogens is 2. The molecular weight excluding hydrogens is 265 g/mol. The van der Waals surface area contributed by atoms with Crippen molar-refractivity contribution in [1.29, 1.82) is 5.26 Å². The van der Waals surface area contributed by atoms with Crippen LogP contribution in [0.25, 0.3) is 16.6 Å². The molecule has 1 fully saturated rings. The zero-order valence-electron chi connectivity index (χ0n) is 12.4. The molecular formula is C17H18FN3. The van der Waals surface area contributed by atoms with Gasteiger partial charge in [0.15, 0.2) is 0 Å². The van der Waals surface area contributed by atoms with E-state index < -0.39 is 6.17 Å². The van der Waals surface area contributed by atoms with Crippen molar-refractivity contribution in [3.63, 3.8) is 0 Å². The third-order valence-electron chi connectivity index (χ3n) is 4.28. The maximum Gasteiger partial charge on any atom is 0.141 e. The average molecular weight is 283 g/mol. The molecule has 1 aliphatic carbocycles. The van der Waals surface area contributed by atoms with Gasteiger partial charge in [0.25, 0.3) is 0 Å². The lowest BCUT2D eigenvalue weighted by Crippen LogP contribution is -2.19. The summed E-state index contributed by atoms with van der Waals surface area (Å²) in [7, 11) is 0. The van der Waals surface area contributed by atoms with Crippen LogP contribution in [0.15, 0.2) is 18.8 Å². The van der Waals surface area contributed by atoms with Crippen LogP contribution in [0.2, 0.25) is 0 Å². The Bertz CT molecular complexity index is 760. The maximum absolute atomic E-state index is 13.6. The molecule has 1 saturated carbocycles. The van der Waals surface area contributed by atoms with Crippen molar-refractivity contribution in [2.24, 2.45) is 0 Å². The minimum Gasteiger partial charge on any atom is -0.321 e. The fourth-order valence-corrected chi connectivity index (χ4v) is 2.95. The summed E-state index contributed by atoms with van der Waals surface area (Å²) in [6.07, 6.45) is 3.87. The predicted molar refractivity (Wildman–Crippen MR) is 81.6 cm³/mol. The number of allylic oxidation sites excluding steroid dienone is 1. The molecule has 1 aliphatic rings. The Balaban J connectivity index is 2.35. The number of pyridine rings is 1. The van der Waals surface area contributed by atoms with Gasteiger partial charge in [-0.25, -0.2) is 9.37 Å². The second-order valence-electron chi connectivity index (χ2n) is 5.83. The van der Waals surface area contributed by atoms with Gasteiger partial charge in [-0.1, -0.05) is 6.58 Å². The smallest absolute Gasteiger partial charge is 0.141 e. The fraction of sp³-hybridized carbons (Fsp3) is 0.412. The van der Waals surface area contributed by atoms with Crippen LogP contribution in [0.5, 0.6) is 0 Å². The van der Waals surface area contributed by atoms with Gasteiger partial charge in [-0.2, -0.15) is 5.26 Å². The van der Waals surface area contributed by atoms with Crippen LogP contribution in [0, 0.1) is 11.3 Å². The van der Waals surface area contributed by atoms with E-state index in [1.54, 1.807) is 12.3 Å². The summed E-state index contributed by atoms with van der Waals surface area (Å²) in [5, 5.41) is 10.3. The number of hydrogen-bond acceptors (Lipinski definition) is 2. The lowest BCUT2D eigenvalue weighted by molar-refractivity contribution is 0.318. The SMILES string of the molecule is C=C(C)c1c(C#N)c2cc(C(C)F)cnc2n1C1CCC1. The van der Waals surface area contributed by atoms with E-state index in [1.165, 1.54) is 13.3 Å². The molecule has 0 bridgehead atoms. The van der Waals surface area contributed by atoms with E-state index in [0.29, 0.717) is 17.2 Å². The van der Waals surface area contributed by atoms with Gasteiger partial charge in [-0.15, -0.1) is 0 Å². The molecule has 0 saturated heterocycles.